The monoisotopic (exact) mass is 380 g/mol. The molecule has 0 radical (unpaired) electrons. The van der Waals surface area contributed by atoms with Crippen LogP contribution in [0.15, 0.2) is 12.1 Å². The Morgan fingerprint density at radius 1 is 0.962 bits per heavy atom. The van der Waals surface area contributed by atoms with Crippen molar-refractivity contribution in [3.63, 3.8) is 0 Å². The molecule has 0 aliphatic heterocycles. The van der Waals surface area contributed by atoms with Crippen LogP contribution in [0.2, 0.25) is 5.02 Å². The molecule has 1 aromatic carbocycles. The largest absolute Gasteiger partial charge is 0.378 e. The second-order valence-electron chi connectivity index (χ2n) is 8.53. The van der Waals surface area contributed by atoms with Crippen LogP contribution in [0, 0.1) is 11.7 Å². The molecule has 3 rings (SSSR count). The van der Waals surface area contributed by atoms with Gasteiger partial charge in [0.05, 0.1) is 11.1 Å². The van der Waals surface area contributed by atoms with E-state index < -0.39 is 0 Å². The van der Waals surface area contributed by atoms with Gasteiger partial charge in [0.25, 0.3) is 0 Å². The van der Waals surface area contributed by atoms with Gasteiger partial charge >= 0.3 is 0 Å². The summed E-state index contributed by atoms with van der Waals surface area (Å²) < 4.78 is 21.0. The number of benzene rings is 1. The van der Waals surface area contributed by atoms with Gasteiger partial charge in [-0.3, -0.25) is 0 Å². The molecule has 0 bridgehead atoms. The van der Waals surface area contributed by atoms with Gasteiger partial charge in [-0.15, -0.1) is 0 Å². The first-order valence-corrected chi connectivity index (χ1v) is 11.1. The summed E-state index contributed by atoms with van der Waals surface area (Å²) in [6.45, 7) is 5.36. The molecular formula is C23H34ClFO. The highest BCUT2D eigenvalue weighted by Crippen LogP contribution is 2.42. The number of halogens is 2. The highest BCUT2D eigenvalue weighted by molar-refractivity contribution is 6.31. The Balaban J connectivity index is 1.62. The standard InChI is InChI=1S/C23H34ClFO/c1-3-4-15-26-19-11-9-18(10-12-19)21-14-13-20(22(24)23(21)25)17-7-5-16(2)6-8-17/h13-14,16-19H,3-12,15H2,1-2H3. The summed E-state index contributed by atoms with van der Waals surface area (Å²) in [4.78, 5) is 0. The molecule has 2 aliphatic carbocycles. The van der Waals surface area contributed by atoms with E-state index in [4.69, 9.17) is 16.3 Å². The molecule has 2 fully saturated rings. The van der Waals surface area contributed by atoms with Crippen LogP contribution >= 0.6 is 11.6 Å². The van der Waals surface area contributed by atoms with Gasteiger partial charge in [-0.1, -0.05) is 56.8 Å². The molecule has 1 aromatic rings. The van der Waals surface area contributed by atoms with E-state index in [1.807, 2.05) is 6.07 Å². The van der Waals surface area contributed by atoms with Crippen LogP contribution in [0.4, 0.5) is 4.39 Å². The van der Waals surface area contributed by atoms with Gasteiger partial charge in [-0.25, -0.2) is 4.39 Å². The Bertz CT molecular complexity index is 572. The van der Waals surface area contributed by atoms with Crippen molar-refractivity contribution < 1.29 is 9.13 Å². The molecule has 26 heavy (non-hydrogen) atoms. The van der Waals surface area contributed by atoms with Crippen LogP contribution in [0.3, 0.4) is 0 Å². The lowest BCUT2D eigenvalue weighted by Gasteiger charge is -2.30. The van der Waals surface area contributed by atoms with Crippen molar-refractivity contribution in [3.05, 3.63) is 34.1 Å². The van der Waals surface area contributed by atoms with Crippen molar-refractivity contribution in [2.24, 2.45) is 5.92 Å². The van der Waals surface area contributed by atoms with Crippen molar-refractivity contribution in [2.75, 3.05) is 6.61 Å². The molecule has 0 unspecified atom stereocenters. The minimum absolute atomic E-state index is 0.155. The molecule has 0 atom stereocenters. The quantitative estimate of drug-likeness (QED) is 0.461. The third kappa shape index (κ3) is 4.81. The molecular weight excluding hydrogens is 347 g/mol. The second-order valence-corrected chi connectivity index (χ2v) is 8.90. The number of ether oxygens (including phenoxy) is 1. The maximum atomic E-state index is 15.1. The first-order valence-electron chi connectivity index (χ1n) is 10.7. The van der Waals surface area contributed by atoms with Crippen LogP contribution < -0.4 is 0 Å². The summed E-state index contributed by atoms with van der Waals surface area (Å²) in [5.74, 6) is 1.37. The fourth-order valence-electron chi connectivity index (χ4n) is 4.72. The highest BCUT2D eigenvalue weighted by Gasteiger charge is 2.28. The molecule has 2 aliphatic rings. The lowest BCUT2D eigenvalue weighted by atomic mass is 9.78. The van der Waals surface area contributed by atoms with Gasteiger partial charge in [-0.05, 0) is 73.8 Å². The van der Waals surface area contributed by atoms with Gasteiger partial charge in [0.1, 0.15) is 5.82 Å². The lowest BCUT2D eigenvalue weighted by Crippen LogP contribution is -2.22. The lowest BCUT2D eigenvalue weighted by molar-refractivity contribution is 0.0230. The van der Waals surface area contributed by atoms with E-state index in [9.17, 15) is 0 Å². The van der Waals surface area contributed by atoms with Crippen LogP contribution in [0.5, 0.6) is 0 Å². The van der Waals surface area contributed by atoms with Gasteiger partial charge in [-0.2, -0.15) is 0 Å². The van der Waals surface area contributed by atoms with Crippen molar-refractivity contribution in [3.8, 4) is 0 Å². The Morgan fingerprint density at radius 2 is 1.54 bits per heavy atom. The predicted octanol–water partition coefficient (Wildman–Crippen LogP) is 7.62. The van der Waals surface area contributed by atoms with E-state index in [-0.39, 0.29) is 5.82 Å². The minimum atomic E-state index is -0.155. The third-order valence-corrected chi connectivity index (χ3v) is 6.95. The predicted molar refractivity (Wildman–Crippen MR) is 108 cm³/mol. The fraction of sp³-hybridized carbons (Fsp3) is 0.739. The van der Waals surface area contributed by atoms with E-state index in [2.05, 4.69) is 19.9 Å². The Hall–Kier alpha value is -0.600. The average molecular weight is 381 g/mol. The number of rotatable bonds is 6. The summed E-state index contributed by atoms with van der Waals surface area (Å²) >= 11 is 6.50. The van der Waals surface area contributed by atoms with Crippen LogP contribution in [-0.4, -0.2) is 12.7 Å². The minimum Gasteiger partial charge on any atom is -0.378 e. The van der Waals surface area contributed by atoms with Crippen LogP contribution in [0.1, 0.15) is 101 Å². The molecule has 2 saturated carbocycles. The SMILES string of the molecule is CCCCOC1CCC(c2ccc(C3CCC(C)CC3)c(Cl)c2F)CC1. The highest BCUT2D eigenvalue weighted by atomic mass is 35.5. The van der Waals surface area contributed by atoms with E-state index in [1.54, 1.807) is 0 Å². The first kappa shape index (κ1) is 20.1. The summed E-state index contributed by atoms with van der Waals surface area (Å²) in [6, 6.07) is 4.14. The molecule has 0 aromatic heterocycles. The molecule has 0 amide bonds. The maximum absolute atomic E-state index is 15.1. The maximum Gasteiger partial charge on any atom is 0.145 e. The van der Waals surface area contributed by atoms with Gasteiger partial charge in [0, 0.05) is 6.61 Å². The zero-order valence-corrected chi connectivity index (χ0v) is 17.2. The molecule has 1 nitrogen and oxygen atoms in total. The summed E-state index contributed by atoms with van der Waals surface area (Å²) in [5.41, 5.74) is 1.87. The normalized spacial score (nSPS) is 29.7. The Morgan fingerprint density at radius 3 is 2.19 bits per heavy atom. The topological polar surface area (TPSA) is 9.23 Å². The van der Waals surface area contributed by atoms with Crippen molar-refractivity contribution in [2.45, 2.75) is 96.0 Å². The average Bonchev–Trinajstić information content (AvgIpc) is 2.66. The molecule has 0 heterocycles. The molecule has 0 saturated heterocycles. The van der Waals surface area contributed by atoms with Crippen molar-refractivity contribution >= 4 is 11.6 Å². The van der Waals surface area contributed by atoms with Crippen molar-refractivity contribution in [1.29, 1.82) is 0 Å². The van der Waals surface area contributed by atoms with Gasteiger partial charge < -0.3 is 4.74 Å². The van der Waals surface area contributed by atoms with E-state index in [1.165, 1.54) is 19.3 Å². The van der Waals surface area contributed by atoms with Crippen LogP contribution in [-0.2, 0) is 4.74 Å². The van der Waals surface area contributed by atoms with Crippen molar-refractivity contribution in [1.82, 2.24) is 0 Å². The van der Waals surface area contributed by atoms with Crippen LogP contribution in [0.25, 0.3) is 0 Å². The summed E-state index contributed by atoms with van der Waals surface area (Å²) in [5, 5.41) is 0.392. The number of hydrogen-bond donors (Lipinski definition) is 0. The second kappa shape index (κ2) is 9.55. The number of unbranched alkanes of at least 4 members (excludes halogenated alkanes) is 1. The molecule has 146 valence electrons. The Kier molecular flexibility index (Phi) is 7.40. The molecule has 0 N–H and O–H groups in total. The molecule has 3 heteroatoms. The van der Waals surface area contributed by atoms with Gasteiger partial charge in [0.2, 0.25) is 0 Å². The summed E-state index contributed by atoms with van der Waals surface area (Å²) in [6.07, 6.45) is 11.5. The van der Waals surface area contributed by atoms with Gasteiger partial charge in [0.15, 0.2) is 0 Å². The zero-order chi connectivity index (χ0) is 18.5. The van der Waals surface area contributed by atoms with E-state index in [0.717, 1.165) is 68.6 Å². The number of hydrogen-bond acceptors (Lipinski definition) is 1. The molecule has 0 spiro atoms. The summed E-state index contributed by atoms with van der Waals surface area (Å²) in [7, 11) is 0. The fourth-order valence-corrected chi connectivity index (χ4v) is 5.04. The first-order chi connectivity index (χ1) is 12.6. The third-order valence-electron chi connectivity index (χ3n) is 6.56. The van der Waals surface area contributed by atoms with E-state index >= 15 is 4.39 Å². The zero-order valence-electron chi connectivity index (χ0n) is 16.4. The smallest absolute Gasteiger partial charge is 0.145 e. The Labute approximate surface area is 163 Å². The van der Waals surface area contributed by atoms with E-state index in [0.29, 0.717) is 23.0 Å².